The van der Waals surface area contributed by atoms with Crippen LogP contribution in [0.4, 0.5) is 4.79 Å². The Hall–Kier alpha value is -2.09. The lowest BCUT2D eigenvalue weighted by atomic mass is 9.88. The van der Waals surface area contributed by atoms with Crippen LogP contribution in [-0.2, 0) is 21.7 Å². The fourth-order valence-electron chi connectivity index (χ4n) is 3.64. The van der Waals surface area contributed by atoms with Crippen LogP contribution in [0.2, 0.25) is 0 Å². The van der Waals surface area contributed by atoms with E-state index in [4.69, 9.17) is 4.74 Å². The molecule has 3 heterocycles. The fourth-order valence-corrected chi connectivity index (χ4v) is 3.64. The normalized spacial score (nSPS) is 21.6. The molecule has 0 aromatic carbocycles. The zero-order chi connectivity index (χ0) is 18.9. The number of aromatic nitrogens is 2. The van der Waals surface area contributed by atoms with Crippen molar-refractivity contribution in [2.24, 2.45) is 5.92 Å². The van der Waals surface area contributed by atoms with Crippen molar-refractivity contribution in [3.8, 4) is 0 Å². The van der Waals surface area contributed by atoms with Gasteiger partial charge in [-0.2, -0.15) is 0 Å². The molecule has 0 bridgehead atoms. The molecule has 2 aliphatic heterocycles. The number of hydrogen-bond donors (Lipinski definition) is 1. The van der Waals surface area contributed by atoms with Crippen molar-refractivity contribution in [2.75, 3.05) is 33.7 Å². The molecule has 2 aliphatic rings. The number of ether oxygens (including phenoxy) is 1. The molecule has 26 heavy (non-hydrogen) atoms. The highest BCUT2D eigenvalue weighted by atomic mass is 16.5. The van der Waals surface area contributed by atoms with Crippen LogP contribution in [0.25, 0.3) is 0 Å². The quantitative estimate of drug-likeness (QED) is 0.870. The van der Waals surface area contributed by atoms with Gasteiger partial charge in [-0.1, -0.05) is 13.8 Å². The number of hydrogen-bond acceptors (Lipinski definition) is 4. The Balaban J connectivity index is 1.75. The van der Waals surface area contributed by atoms with Crippen LogP contribution in [0.1, 0.15) is 32.5 Å². The van der Waals surface area contributed by atoms with Crippen molar-refractivity contribution in [3.05, 3.63) is 18.2 Å². The van der Waals surface area contributed by atoms with Crippen LogP contribution in [0.3, 0.4) is 0 Å². The SMILES string of the molecule is CC(C)CNC(=O)C1Cn2ccnc2C2(CCN(C(=O)N(C)C)CC2)O1. The third-order valence-electron chi connectivity index (χ3n) is 5.05. The summed E-state index contributed by atoms with van der Waals surface area (Å²) in [6, 6.07) is 0.00484. The van der Waals surface area contributed by atoms with Gasteiger partial charge < -0.3 is 24.4 Å². The first-order valence-corrected chi connectivity index (χ1v) is 9.26. The summed E-state index contributed by atoms with van der Waals surface area (Å²) in [4.78, 5) is 32.7. The van der Waals surface area contributed by atoms with E-state index in [1.165, 1.54) is 0 Å². The summed E-state index contributed by atoms with van der Waals surface area (Å²) in [6.45, 7) is 6.41. The van der Waals surface area contributed by atoms with Gasteiger partial charge in [-0.3, -0.25) is 4.79 Å². The van der Waals surface area contributed by atoms with Crippen molar-refractivity contribution >= 4 is 11.9 Å². The molecule has 1 atom stereocenters. The maximum absolute atomic E-state index is 12.6. The first-order chi connectivity index (χ1) is 12.3. The summed E-state index contributed by atoms with van der Waals surface area (Å²) in [7, 11) is 3.51. The number of nitrogens with one attached hydrogen (secondary N) is 1. The van der Waals surface area contributed by atoms with E-state index in [-0.39, 0.29) is 11.9 Å². The van der Waals surface area contributed by atoms with Gasteiger partial charge in [0.2, 0.25) is 0 Å². The number of imidazole rings is 1. The van der Waals surface area contributed by atoms with Crippen LogP contribution in [0, 0.1) is 5.92 Å². The Labute approximate surface area is 154 Å². The lowest BCUT2D eigenvalue weighted by molar-refractivity contribution is -0.172. The second kappa shape index (κ2) is 7.26. The maximum atomic E-state index is 12.6. The summed E-state index contributed by atoms with van der Waals surface area (Å²) in [5.41, 5.74) is -0.606. The number of rotatable bonds is 3. The molecule has 1 spiro atoms. The Bertz CT molecular complexity index is 662. The molecule has 0 radical (unpaired) electrons. The van der Waals surface area contributed by atoms with E-state index in [0.29, 0.717) is 44.9 Å². The topological polar surface area (TPSA) is 79.7 Å². The van der Waals surface area contributed by atoms with Crippen LogP contribution >= 0.6 is 0 Å². The van der Waals surface area contributed by atoms with E-state index in [9.17, 15) is 9.59 Å². The van der Waals surface area contributed by atoms with Crippen LogP contribution < -0.4 is 5.32 Å². The molecule has 1 aromatic rings. The predicted octanol–water partition coefficient (Wildman–Crippen LogP) is 1.03. The van der Waals surface area contributed by atoms with Gasteiger partial charge in [0, 0.05) is 59.0 Å². The number of amides is 3. The van der Waals surface area contributed by atoms with Crippen molar-refractivity contribution in [1.29, 1.82) is 0 Å². The Morgan fingerprint density at radius 2 is 2.08 bits per heavy atom. The van der Waals surface area contributed by atoms with E-state index in [1.807, 2.05) is 15.7 Å². The molecule has 1 fully saturated rings. The van der Waals surface area contributed by atoms with Gasteiger partial charge in [0.1, 0.15) is 11.4 Å². The van der Waals surface area contributed by atoms with Crippen molar-refractivity contribution in [1.82, 2.24) is 24.7 Å². The second-order valence-corrected chi connectivity index (χ2v) is 7.81. The molecule has 1 saturated heterocycles. The molecule has 0 saturated carbocycles. The largest absolute Gasteiger partial charge is 0.354 e. The summed E-state index contributed by atoms with van der Waals surface area (Å²) in [6.07, 6.45) is 4.40. The summed E-state index contributed by atoms with van der Waals surface area (Å²) >= 11 is 0. The third kappa shape index (κ3) is 3.56. The highest BCUT2D eigenvalue weighted by molar-refractivity contribution is 5.81. The first kappa shape index (κ1) is 18.7. The number of piperidine rings is 1. The maximum Gasteiger partial charge on any atom is 0.319 e. The number of urea groups is 1. The number of carbonyl (C=O) groups is 2. The third-order valence-corrected chi connectivity index (χ3v) is 5.05. The molecule has 1 unspecified atom stereocenters. The second-order valence-electron chi connectivity index (χ2n) is 7.81. The predicted molar refractivity (Wildman–Crippen MR) is 96.5 cm³/mol. The minimum absolute atomic E-state index is 0.00484. The smallest absolute Gasteiger partial charge is 0.319 e. The first-order valence-electron chi connectivity index (χ1n) is 9.26. The zero-order valence-corrected chi connectivity index (χ0v) is 16.1. The summed E-state index contributed by atoms with van der Waals surface area (Å²) in [5.74, 6) is 1.17. The van der Waals surface area contributed by atoms with Crippen molar-refractivity contribution in [3.63, 3.8) is 0 Å². The Morgan fingerprint density at radius 3 is 2.69 bits per heavy atom. The standard InChI is InChI=1S/C18H29N5O3/c1-13(2)11-20-15(24)14-12-23-10-7-19-16(23)18(26-14)5-8-22(9-6-18)17(25)21(3)4/h7,10,13-14H,5-6,8-9,11-12H2,1-4H3,(H,20,24). The molecule has 1 N–H and O–H groups in total. The molecule has 0 aliphatic carbocycles. The van der Waals surface area contributed by atoms with Gasteiger partial charge in [-0.25, -0.2) is 9.78 Å². The average molecular weight is 363 g/mol. The highest BCUT2D eigenvalue weighted by Crippen LogP contribution is 2.40. The van der Waals surface area contributed by atoms with Crippen LogP contribution in [-0.4, -0.2) is 71.1 Å². The van der Waals surface area contributed by atoms with Gasteiger partial charge >= 0.3 is 6.03 Å². The minimum atomic E-state index is -0.606. The average Bonchev–Trinajstić information content (AvgIpc) is 3.09. The number of carbonyl (C=O) groups excluding carboxylic acids is 2. The van der Waals surface area contributed by atoms with Gasteiger partial charge in [0.25, 0.3) is 5.91 Å². The molecular formula is C18H29N5O3. The monoisotopic (exact) mass is 363 g/mol. The van der Waals surface area contributed by atoms with Gasteiger partial charge in [-0.05, 0) is 5.92 Å². The zero-order valence-electron chi connectivity index (χ0n) is 16.1. The van der Waals surface area contributed by atoms with E-state index < -0.39 is 11.7 Å². The van der Waals surface area contributed by atoms with Crippen LogP contribution in [0.15, 0.2) is 12.4 Å². The molecule has 144 valence electrons. The lowest BCUT2D eigenvalue weighted by Gasteiger charge is -2.45. The van der Waals surface area contributed by atoms with E-state index >= 15 is 0 Å². The summed E-state index contributed by atoms with van der Waals surface area (Å²) in [5, 5.41) is 2.97. The molecule has 1 aromatic heterocycles. The van der Waals surface area contributed by atoms with Crippen molar-refractivity contribution < 1.29 is 14.3 Å². The number of nitrogens with zero attached hydrogens (tertiary/aromatic N) is 4. The molecule has 8 heteroatoms. The minimum Gasteiger partial charge on any atom is -0.354 e. The van der Waals surface area contributed by atoms with Gasteiger partial charge in [0.05, 0.1) is 6.54 Å². The lowest BCUT2D eigenvalue weighted by Crippen LogP contribution is -2.55. The molecule has 3 amide bonds. The van der Waals surface area contributed by atoms with Crippen LogP contribution in [0.5, 0.6) is 0 Å². The number of fused-ring (bicyclic) bond motifs is 2. The van der Waals surface area contributed by atoms with E-state index in [1.54, 1.807) is 25.2 Å². The van der Waals surface area contributed by atoms with Gasteiger partial charge in [0.15, 0.2) is 6.10 Å². The van der Waals surface area contributed by atoms with E-state index in [2.05, 4.69) is 24.1 Å². The number of likely N-dealkylation sites (tertiary alicyclic amines) is 1. The molecule has 8 nitrogen and oxygen atoms in total. The summed E-state index contributed by atoms with van der Waals surface area (Å²) < 4.78 is 8.36. The van der Waals surface area contributed by atoms with E-state index in [0.717, 1.165) is 5.82 Å². The van der Waals surface area contributed by atoms with Crippen molar-refractivity contribution in [2.45, 2.75) is 44.9 Å². The van der Waals surface area contributed by atoms with Gasteiger partial charge in [-0.15, -0.1) is 0 Å². The Morgan fingerprint density at radius 1 is 1.38 bits per heavy atom. The fraction of sp³-hybridized carbons (Fsp3) is 0.722. The Kier molecular flexibility index (Phi) is 5.22. The molecular weight excluding hydrogens is 334 g/mol. The highest BCUT2D eigenvalue weighted by Gasteiger charge is 2.47. The molecule has 3 rings (SSSR count).